The van der Waals surface area contributed by atoms with Gasteiger partial charge < -0.3 is 11.1 Å². The van der Waals surface area contributed by atoms with Crippen LogP contribution in [0.3, 0.4) is 0 Å². The van der Waals surface area contributed by atoms with E-state index in [1.54, 1.807) is 0 Å². The first-order valence-corrected chi connectivity index (χ1v) is 5.85. The molecule has 0 bridgehead atoms. The normalized spacial score (nSPS) is 10.5. The lowest BCUT2D eigenvalue weighted by atomic mass is 10.1. The molecule has 1 amide bonds. The Morgan fingerprint density at radius 1 is 0.952 bits per heavy atom. The molecule has 0 heterocycles. The van der Waals surface area contributed by atoms with E-state index in [4.69, 9.17) is 5.73 Å². The minimum absolute atomic E-state index is 0.00439. The minimum atomic E-state index is -1.31. The predicted molar refractivity (Wildman–Crippen MR) is 68.6 cm³/mol. The van der Waals surface area contributed by atoms with Crippen LogP contribution in [-0.4, -0.2) is 5.91 Å². The lowest BCUT2D eigenvalue weighted by Crippen LogP contribution is -2.12. The van der Waals surface area contributed by atoms with Crippen LogP contribution in [0.1, 0.15) is 15.9 Å². The van der Waals surface area contributed by atoms with Crippen LogP contribution in [-0.2, 0) is 6.54 Å². The molecule has 2 aromatic carbocycles. The van der Waals surface area contributed by atoms with E-state index in [2.05, 4.69) is 5.32 Å². The number of carbonyl (C=O) groups excluding carboxylic acids is 1. The number of anilines is 1. The Morgan fingerprint density at radius 2 is 1.62 bits per heavy atom. The second kappa shape index (κ2) is 5.82. The first-order chi connectivity index (χ1) is 9.88. The second-order valence-electron chi connectivity index (χ2n) is 4.27. The third-order valence-corrected chi connectivity index (χ3v) is 2.82. The fourth-order valence-corrected chi connectivity index (χ4v) is 1.69. The number of primary amides is 1. The van der Waals surface area contributed by atoms with Gasteiger partial charge in [-0.3, -0.25) is 4.79 Å². The lowest BCUT2D eigenvalue weighted by molar-refractivity contribution is 0.1000. The SMILES string of the molecule is NC(=O)c1ccc(CNc2cc(F)c(F)cc2F)c(F)c1. The van der Waals surface area contributed by atoms with E-state index in [0.29, 0.717) is 12.1 Å². The number of nitrogens with one attached hydrogen (secondary N) is 1. The summed E-state index contributed by atoms with van der Waals surface area (Å²) in [4.78, 5) is 10.9. The van der Waals surface area contributed by atoms with Crippen LogP contribution in [0, 0.1) is 23.3 Å². The van der Waals surface area contributed by atoms with E-state index >= 15 is 0 Å². The molecule has 21 heavy (non-hydrogen) atoms. The number of hydrogen-bond acceptors (Lipinski definition) is 2. The van der Waals surface area contributed by atoms with Crippen molar-refractivity contribution in [2.45, 2.75) is 6.54 Å². The number of nitrogens with two attached hydrogens (primary N) is 1. The van der Waals surface area contributed by atoms with Gasteiger partial charge >= 0.3 is 0 Å². The summed E-state index contributed by atoms with van der Waals surface area (Å²) in [5.41, 5.74) is 4.81. The smallest absolute Gasteiger partial charge is 0.248 e. The van der Waals surface area contributed by atoms with Gasteiger partial charge in [-0.1, -0.05) is 6.07 Å². The molecule has 0 aliphatic rings. The number of benzene rings is 2. The van der Waals surface area contributed by atoms with Crippen LogP contribution in [0.4, 0.5) is 23.2 Å². The molecule has 7 heteroatoms. The van der Waals surface area contributed by atoms with Gasteiger partial charge in [-0.2, -0.15) is 0 Å². The van der Waals surface area contributed by atoms with Crippen molar-refractivity contribution < 1.29 is 22.4 Å². The summed E-state index contributed by atoms with van der Waals surface area (Å²) < 4.78 is 52.8. The molecule has 110 valence electrons. The maximum atomic E-state index is 13.7. The molecule has 2 rings (SSSR count). The fraction of sp³-hybridized carbons (Fsp3) is 0.0714. The first-order valence-electron chi connectivity index (χ1n) is 5.85. The highest BCUT2D eigenvalue weighted by atomic mass is 19.2. The maximum absolute atomic E-state index is 13.7. The van der Waals surface area contributed by atoms with E-state index in [1.165, 1.54) is 12.1 Å². The zero-order valence-corrected chi connectivity index (χ0v) is 10.6. The lowest BCUT2D eigenvalue weighted by Gasteiger charge is -2.09. The number of rotatable bonds is 4. The number of amides is 1. The van der Waals surface area contributed by atoms with Gasteiger partial charge in [0.25, 0.3) is 0 Å². The molecular formula is C14H10F4N2O. The second-order valence-corrected chi connectivity index (χ2v) is 4.27. The highest BCUT2D eigenvalue weighted by molar-refractivity contribution is 5.92. The monoisotopic (exact) mass is 298 g/mol. The zero-order chi connectivity index (χ0) is 15.6. The number of halogens is 4. The van der Waals surface area contributed by atoms with E-state index in [-0.39, 0.29) is 23.4 Å². The zero-order valence-electron chi connectivity index (χ0n) is 10.6. The van der Waals surface area contributed by atoms with E-state index < -0.39 is 29.2 Å². The van der Waals surface area contributed by atoms with Crippen molar-refractivity contribution in [3.8, 4) is 0 Å². The van der Waals surface area contributed by atoms with Crippen molar-refractivity contribution in [3.63, 3.8) is 0 Å². The van der Waals surface area contributed by atoms with E-state index in [1.807, 2.05) is 0 Å². The molecule has 0 aliphatic heterocycles. The average Bonchev–Trinajstić information content (AvgIpc) is 2.42. The summed E-state index contributed by atoms with van der Waals surface area (Å²) in [7, 11) is 0. The van der Waals surface area contributed by atoms with Crippen molar-refractivity contribution in [1.82, 2.24) is 0 Å². The molecule has 0 fully saturated rings. The Balaban J connectivity index is 2.17. The van der Waals surface area contributed by atoms with Gasteiger partial charge in [0.1, 0.15) is 11.6 Å². The molecule has 3 nitrogen and oxygen atoms in total. The molecule has 0 radical (unpaired) electrons. The Hall–Kier alpha value is -2.57. The van der Waals surface area contributed by atoms with Crippen molar-refractivity contribution in [2.24, 2.45) is 5.73 Å². The van der Waals surface area contributed by atoms with Gasteiger partial charge in [0, 0.05) is 29.8 Å². The summed E-state index contributed by atoms with van der Waals surface area (Å²) in [5, 5.41) is 2.45. The Bertz CT molecular complexity index is 704. The molecule has 0 aromatic heterocycles. The van der Waals surface area contributed by atoms with Crippen LogP contribution >= 0.6 is 0 Å². The number of carbonyl (C=O) groups is 1. The highest BCUT2D eigenvalue weighted by Crippen LogP contribution is 2.20. The highest BCUT2D eigenvalue weighted by Gasteiger charge is 2.11. The van der Waals surface area contributed by atoms with Gasteiger partial charge in [-0.05, 0) is 12.1 Å². The Kier molecular flexibility index (Phi) is 4.11. The largest absolute Gasteiger partial charge is 0.378 e. The van der Waals surface area contributed by atoms with Crippen molar-refractivity contribution in [2.75, 3.05) is 5.32 Å². The molecule has 2 aromatic rings. The van der Waals surface area contributed by atoms with Crippen LogP contribution < -0.4 is 11.1 Å². The first kappa shape index (κ1) is 14.8. The van der Waals surface area contributed by atoms with Crippen molar-refractivity contribution >= 4 is 11.6 Å². The number of hydrogen-bond donors (Lipinski definition) is 2. The standard InChI is InChI=1S/C14H10F4N2O/c15-9-3-7(14(19)21)1-2-8(9)6-20-13-5-11(17)10(16)4-12(13)18/h1-5,20H,6H2,(H2,19,21). The van der Waals surface area contributed by atoms with Gasteiger partial charge in [0.2, 0.25) is 5.91 Å². The average molecular weight is 298 g/mol. The molecule has 0 unspecified atom stereocenters. The molecule has 3 N–H and O–H groups in total. The van der Waals surface area contributed by atoms with Crippen LogP contribution in [0.2, 0.25) is 0 Å². The minimum Gasteiger partial charge on any atom is -0.378 e. The molecular weight excluding hydrogens is 288 g/mol. The molecule has 0 saturated carbocycles. The van der Waals surface area contributed by atoms with Crippen LogP contribution in [0.5, 0.6) is 0 Å². The molecule has 0 saturated heterocycles. The van der Waals surface area contributed by atoms with Gasteiger partial charge in [-0.25, -0.2) is 17.6 Å². The Labute approximate surface area is 117 Å². The van der Waals surface area contributed by atoms with E-state index in [9.17, 15) is 22.4 Å². The predicted octanol–water partition coefficient (Wildman–Crippen LogP) is 2.95. The van der Waals surface area contributed by atoms with Gasteiger partial charge in [0.05, 0.1) is 5.69 Å². The Morgan fingerprint density at radius 3 is 2.24 bits per heavy atom. The topological polar surface area (TPSA) is 55.1 Å². The molecule has 0 aliphatic carbocycles. The molecule has 0 atom stereocenters. The van der Waals surface area contributed by atoms with Crippen molar-refractivity contribution in [1.29, 1.82) is 0 Å². The maximum Gasteiger partial charge on any atom is 0.248 e. The van der Waals surface area contributed by atoms with Gasteiger partial charge in [-0.15, -0.1) is 0 Å². The van der Waals surface area contributed by atoms with Gasteiger partial charge in [0.15, 0.2) is 11.6 Å². The summed E-state index contributed by atoms with van der Waals surface area (Å²) in [6.45, 7) is -0.174. The third-order valence-electron chi connectivity index (χ3n) is 2.82. The van der Waals surface area contributed by atoms with E-state index in [0.717, 1.165) is 6.07 Å². The summed E-state index contributed by atoms with van der Waals surface area (Å²) >= 11 is 0. The van der Waals surface area contributed by atoms with Crippen LogP contribution in [0.25, 0.3) is 0 Å². The third kappa shape index (κ3) is 3.31. The fourth-order valence-electron chi connectivity index (χ4n) is 1.69. The molecule has 0 spiro atoms. The van der Waals surface area contributed by atoms with Crippen molar-refractivity contribution in [3.05, 3.63) is 64.7 Å². The summed E-state index contributed by atoms with van der Waals surface area (Å²) in [5.74, 6) is -5.02. The quantitative estimate of drug-likeness (QED) is 0.673. The van der Waals surface area contributed by atoms with Crippen LogP contribution in [0.15, 0.2) is 30.3 Å². The summed E-state index contributed by atoms with van der Waals surface area (Å²) in [6.07, 6.45) is 0. The summed E-state index contributed by atoms with van der Waals surface area (Å²) in [6, 6.07) is 4.58.